The molecule has 2 aliphatic rings. The van der Waals surface area contributed by atoms with Crippen molar-refractivity contribution in [2.75, 3.05) is 36.5 Å². The molecule has 7 heteroatoms. The highest BCUT2D eigenvalue weighted by molar-refractivity contribution is 6.06. The lowest BCUT2D eigenvalue weighted by Crippen LogP contribution is -2.36. The van der Waals surface area contributed by atoms with Gasteiger partial charge in [-0.3, -0.25) is 14.6 Å². The first-order valence-corrected chi connectivity index (χ1v) is 13.2. The van der Waals surface area contributed by atoms with Gasteiger partial charge in [0.25, 0.3) is 11.8 Å². The fourth-order valence-corrected chi connectivity index (χ4v) is 5.57. The number of benzene rings is 3. The maximum atomic E-state index is 13.0. The van der Waals surface area contributed by atoms with Gasteiger partial charge in [-0.2, -0.15) is 0 Å². The predicted molar refractivity (Wildman–Crippen MR) is 153 cm³/mol. The number of carbonyl (C=O) groups is 2. The van der Waals surface area contributed by atoms with Crippen LogP contribution in [0.15, 0.2) is 66.9 Å². The average Bonchev–Trinajstić information content (AvgIpc) is 3.33. The highest BCUT2D eigenvalue weighted by Crippen LogP contribution is 2.46. The third kappa shape index (κ3) is 4.55. The van der Waals surface area contributed by atoms with E-state index in [0.29, 0.717) is 30.9 Å². The van der Waals surface area contributed by atoms with Crippen LogP contribution in [0.5, 0.6) is 0 Å². The second-order valence-corrected chi connectivity index (χ2v) is 10.2. The van der Waals surface area contributed by atoms with Gasteiger partial charge in [-0.25, -0.2) is 0 Å². The molecule has 1 aliphatic heterocycles. The van der Waals surface area contributed by atoms with Crippen molar-refractivity contribution in [2.45, 2.75) is 20.3 Å². The number of hydrogen-bond acceptors (Lipinski definition) is 5. The molecule has 1 saturated heterocycles. The van der Waals surface area contributed by atoms with Crippen molar-refractivity contribution in [3.8, 4) is 22.3 Å². The quantitative estimate of drug-likeness (QED) is 0.336. The van der Waals surface area contributed by atoms with Crippen molar-refractivity contribution in [1.82, 2.24) is 4.98 Å². The molecule has 39 heavy (non-hydrogen) atoms. The second kappa shape index (κ2) is 10.0. The number of rotatable bonds is 5. The third-order valence-corrected chi connectivity index (χ3v) is 7.71. The van der Waals surface area contributed by atoms with E-state index in [0.717, 1.165) is 69.0 Å². The topological polar surface area (TPSA) is 97.6 Å². The summed E-state index contributed by atoms with van der Waals surface area (Å²) in [5, 5.41) is 3.07. The Hall–Kier alpha value is -4.49. The number of ether oxygens (including phenoxy) is 1. The van der Waals surface area contributed by atoms with Crippen molar-refractivity contribution in [3.05, 3.63) is 100 Å². The number of amides is 2. The molecule has 0 spiro atoms. The highest BCUT2D eigenvalue weighted by Gasteiger charge is 2.29. The normalized spacial score (nSPS) is 14.1. The van der Waals surface area contributed by atoms with Crippen molar-refractivity contribution >= 4 is 23.2 Å². The Morgan fingerprint density at radius 3 is 2.46 bits per heavy atom. The van der Waals surface area contributed by atoms with Crippen LogP contribution in [0.1, 0.15) is 43.1 Å². The molecule has 1 aliphatic carbocycles. The third-order valence-electron chi connectivity index (χ3n) is 7.71. The van der Waals surface area contributed by atoms with Crippen LogP contribution in [0.3, 0.4) is 0 Å². The van der Waals surface area contributed by atoms with Crippen LogP contribution in [0.2, 0.25) is 0 Å². The molecule has 7 nitrogen and oxygen atoms in total. The molecule has 0 saturated carbocycles. The number of nitrogens with one attached hydrogen (secondary N) is 1. The zero-order valence-corrected chi connectivity index (χ0v) is 22.1. The van der Waals surface area contributed by atoms with Crippen molar-refractivity contribution in [1.29, 1.82) is 0 Å². The minimum absolute atomic E-state index is 0.164. The first-order valence-electron chi connectivity index (χ1n) is 13.2. The lowest BCUT2D eigenvalue weighted by atomic mass is 9.91. The molecular formula is C32H30N4O3. The van der Waals surface area contributed by atoms with E-state index in [2.05, 4.69) is 33.4 Å². The van der Waals surface area contributed by atoms with E-state index in [1.54, 1.807) is 6.20 Å². The summed E-state index contributed by atoms with van der Waals surface area (Å²) in [7, 11) is 0. The number of aryl methyl sites for hydroxylation is 1. The van der Waals surface area contributed by atoms with Crippen molar-refractivity contribution in [3.63, 3.8) is 0 Å². The number of aromatic nitrogens is 1. The molecule has 3 aromatic carbocycles. The monoisotopic (exact) mass is 518 g/mol. The van der Waals surface area contributed by atoms with E-state index in [1.807, 2.05) is 56.3 Å². The molecule has 2 heterocycles. The summed E-state index contributed by atoms with van der Waals surface area (Å²) in [4.78, 5) is 32.2. The predicted octanol–water partition coefficient (Wildman–Crippen LogP) is 5.12. The fraction of sp³-hybridized carbons (Fsp3) is 0.219. The van der Waals surface area contributed by atoms with E-state index >= 15 is 0 Å². The summed E-state index contributed by atoms with van der Waals surface area (Å²) in [6, 6.07) is 19.9. The molecule has 1 aromatic heterocycles. The molecule has 0 atom stereocenters. The summed E-state index contributed by atoms with van der Waals surface area (Å²) in [6.07, 6.45) is 2.33. The molecule has 4 aromatic rings. The van der Waals surface area contributed by atoms with Crippen molar-refractivity contribution in [2.24, 2.45) is 5.73 Å². The van der Waals surface area contributed by atoms with Gasteiger partial charge in [0, 0.05) is 48.2 Å². The largest absolute Gasteiger partial charge is 0.378 e. The molecule has 1 fully saturated rings. The average molecular weight is 519 g/mol. The van der Waals surface area contributed by atoms with E-state index in [9.17, 15) is 9.59 Å². The van der Waals surface area contributed by atoms with Gasteiger partial charge in [0.15, 0.2) is 0 Å². The van der Waals surface area contributed by atoms with E-state index in [4.69, 9.17) is 10.5 Å². The van der Waals surface area contributed by atoms with Gasteiger partial charge < -0.3 is 20.7 Å². The Labute approximate surface area is 227 Å². The molecule has 3 N–H and O–H groups in total. The maximum absolute atomic E-state index is 13.0. The van der Waals surface area contributed by atoms with Crippen LogP contribution in [-0.2, 0) is 11.2 Å². The minimum Gasteiger partial charge on any atom is -0.378 e. The highest BCUT2D eigenvalue weighted by atomic mass is 16.5. The van der Waals surface area contributed by atoms with Crippen molar-refractivity contribution < 1.29 is 14.3 Å². The smallest absolute Gasteiger partial charge is 0.267 e. The molecule has 0 unspecified atom stereocenters. The molecule has 6 rings (SSSR count). The summed E-state index contributed by atoms with van der Waals surface area (Å²) >= 11 is 0. The number of nitrogens with two attached hydrogens (primary N) is 1. The molecule has 2 amide bonds. The fourth-order valence-electron chi connectivity index (χ4n) is 5.57. The van der Waals surface area contributed by atoms with Crippen LogP contribution in [0.25, 0.3) is 22.3 Å². The van der Waals surface area contributed by atoms with E-state index in [-0.39, 0.29) is 5.91 Å². The first-order chi connectivity index (χ1) is 18.9. The van der Waals surface area contributed by atoms with Crippen LogP contribution >= 0.6 is 0 Å². The molecule has 0 bridgehead atoms. The SMILES string of the molecule is Cc1ccc(C(=O)Nc2cccc(-c3cnc(C(N)=O)c4c3-c3cc(N5CCOCC5)ccc3C4)c2C)cc1. The summed E-state index contributed by atoms with van der Waals surface area (Å²) < 4.78 is 5.54. The molecule has 196 valence electrons. The number of pyridine rings is 1. The number of primary amides is 1. The first kappa shape index (κ1) is 24.8. The van der Waals surface area contributed by atoms with Crippen LogP contribution in [-0.4, -0.2) is 43.1 Å². The van der Waals surface area contributed by atoms with Gasteiger partial charge in [-0.05, 0) is 77.6 Å². The minimum atomic E-state index is -0.533. The van der Waals surface area contributed by atoms with E-state index in [1.165, 1.54) is 0 Å². The van der Waals surface area contributed by atoms with Gasteiger partial charge in [0.05, 0.1) is 13.2 Å². The van der Waals surface area contributed by atoms with Gasteiger partial charge in [0.2, 0.25) is 0 Å². The number of nitrogens with zero attached hydrogens (tertiary/aromatic N) is 2. The summed E-state index contributed by atoms with van der Waals surface area (Å²) in [5.41, 5.74) is 16.5. The van der Waals surface area contributed by atoms with Crippen LogP contribution in [0, 0.1) is 13.8 Å². The number of anilines is 2. The Morgan fingerprint density at radius 2 is 1.72 bits per heavy atom. The zero-order chi connectivity index (χ0) is 27.1. The van der Waals surface area contributed by atoms with Crippen LogP contribution < -0.4 is 16.0 Å². The lowest BCUT2D eigenvalue weighted by Gasteiger charge is -2.29. The van der Waals surface area contributed by atoms with E-state index < -0.39 is 5.91 Å². The number of hydrogen-bond donors (Lipinski definition) is 2. The standard InChI is InChI=1S/C32H30N4O3/c1-19-6-8-21(9-7-19)32(38)35-28-5-3-4-24(20(28)2)27-18-34-30(31(33)37)26-16-22-10-11-23(17-25(22)29(26)27)36-12-14-39-15-13-36/h3-11,17-18H,12-16H2,1-2H3,(H2,33,37)(H,35,38). The summed E-state index contributed by atoms with van der Waals surface area (Å²) in [6.45, 7) is 7.07. The Kier molecular flexibility index (Phi) is 6.37. The van der Waals surface area contributed by atoms with Gasteiger partial charge in [-0.15, -0.1) is 0 Å². The second-order valence-electron chi connectivity index (χ2n) is 10.2. The number of carbonyl (C=O) groups excluding carboxylic acids is 2. The van der Waals surface area contributed by atoms with Gasteiger partial charge in [0.1, 0.15) is 5.69 Å². The van der Waals surface area contributed by atoms with Gasteiger partial charge >= 0.3 is 0 Å². The Balaban J connectivity index is 1.44. The molecule has 0 radical (unpaired) electrons. The Bertz CT molecular complexity index is 1600. The zero-order valence-electron chi connectivity index (χ0n) is 22.1. The summed E-state index contributed by atoms with van der Waals surface area (Å²) in [5.74, 6) is -0.696. The Morgan fingerprint density at radius 1 is 0.949 bits per heavy atom. The maximum Gasteiger partial charge on any atom is 0.267 e. The number of fused-ring (bicyclic) bond motifs is 3. The van der Waals surface area contributed by atoms with Gasteiger partial charge in [-0.1, -0.05) is 35.9 Å². The number of morpholine rings is 1. The lowest BCUT2D eigenvalue weighted by molar-refractivity contribution is 0.0992. The molecular weight excluding hydrogens is 488 g/mol. The van der Waals surface area contributed by atoms with Crippen LogP contribution in [0.4, 0.5) is 11.4 Å².